The SMILES string of the molecule is CC(CN(C)C(=O)Nc1ccccc1C(F)(F)F)C(=O)O. The number of nitrogens with one attached hydrogen (secondary N) is 1. The number of halogens is 3. The second kappa shape index (κ2) is 6.47. The van der Waals surface area contributed by atoms with Gasteiger partial charge in [0.1, 0.15) is 0 Å². The van der Waals surface area contributed by atoms with E-state index in [-0.39, 0.29) is 12.2 Å². The molecule has 1 aromatic rings. The summed E-state index contributed by atoms with van der Waals surface area (Å²) in [5, 5.41) is 10.9. The molecule has 21 heavy (non-hydrogen) atoms. The van der Waals surface area contributed by atoms with Crippen molar-refractivity contribution in [1.82, 2.24) is 4.90 Å². The van der Waals surface area contributed by atoms with E-state index in [0.29, 0.717) is 0 Å². The van der Waals surface area contributed by atoms with Gasteiger partial charge in [0.25, 0.3) is 0 Å². The lowest BCUT2D eigenvalue weighted by atomic mass is 10.1. The van der Waals surface area contributed by atoms with Crippen LogP contribution in [0.4, 0.5) is 23.7 Å². The van der Waals surface area contributed by atoms with Gasteiger partial charge in [0.15, 0.2) is 0 Å². The van der Waals surface area contributed by atoms with Gasteiger partial charge in [-0.3, -0.25) is 4.79 Å². The second-order valence-electron chi connectivity index (χ2n) is 4.59. The molecule has 1 rings (SSSR count). The van der Waals surface area contributed by atoms with Gasteiger partial charge in [-0.2, -0.15) is 13.2 Å². The van der Waals surface area contributed by atoms with E-state index < -0.39 is 29.7 Å². The zero-order chi connectivity index (χ0) is 16.2. The molecule has 0 aliphatic rings. The molecular weight excluding hydrogens is 289 g/mol. The summed E-state index contributed by atoms with van der Waals surface area (Å²) in [7, 11) is 1.31. The van der Waals surface area contributed by atoms with Crippen molar-refractivity contribution in [3.63, 3.8) is 0 Å². The van der Waals surface area contributed by atoms with Crippen molar-refractivity contribution in [3.05, 3.63) is 29.8 Å². The molecule has 1 unspecified atom stereocenters. The molecular formula is C13H15F3N2O3. The monoisotopic (exact) mass is 304 g/mol. The maximum Gasteiger partial charge on any atom is 0.418 e. The number of aliphatic carboxylic acids is 1. The van der Waals surface area contributed by atoms with Crippen molar-refractivity contribution in [2.75, 3.05) is 18.9 Å². The highest BCUT2D eigenvalue weighted by atomic mass is 19.4. The number of rotatable bonds is 4. The van der Waals surface area contributed by atoms with Gasteiger partial charge in [-0.1, -0.05) is 19.1 Å². The van der Waals surface area contributed by atoms with Gasteiger partial charge in [-0.05, 0) is 12.1 Å². The van der Waals surface area contributed by atoms with E-state index in [1.807, 2.05) is 0 Å². The molecule has 2 N–H and O–H groups in total. The van der Waals surface area contributed by atoms with E-state index in [4.69, 9.17) is 5.11 Å². The van der Waals surface area contributed by atoms with Gasteiger partial charge in [0.05, 0.1) is 17.2 Å². The van der Waals surface area contributed by atoms with Gasteiger partial charge in [0, 0.05) is 13.6 Å². The number of benzene rings is 1. The number of carboxylic acid groups (broad SMARTS) is 1. The molecule has 5 nitrogen and oxygen atoms in total. The Morgan fingerprint density at radius 1 is 1.33 bits per heavy atom. The summed E-state index contributed by atoms with van der Waals surface area (Å²) in [6.07, 6.45) is -4.59. The van der Waals surface area contributed by atoms with Crippen LogP contribution in [0.25, 0.3) is 0 Å². The van der Waals surface area contributed by atoms with E-state index in [1.54, 1.807) is 0 Å². The maximum absolute atomic E-state index is 12.8. The van der Waals surface area contributed by atoms with Crippen molar-refractivity contribution in [2.24, 2.45) is 5.92 Å². The first-order chi connectivity index (χ1) is 9.62. The maximum atomic E-state index is 12.8. The van der Waals surface area contributed by atoms with Gasteiger partial charge < -0.3 is 15.3 Å². The first-order valence-corrected chi connectivity index (χ1v) is 6.04. The zero-order valence-corrected chi connectivity index (χ0v) is 11.4. The zero-order valence-electron chi connectivity index (χ0n) is 11.4. The molecule has 0 aromatic heterocycles. The smallest absolute Gasteiger partial charge is 0.418 e. The molecule has 0 saturated heterocycles. The minimum Gasteiger partial charge on any atom is -0.481 e. The molecule has 1 aromatic carbocycles. The number of alkyl halides is 3. The van der Waals surface area contributed by atoms with Crippen LogP contribution >= 0.6 is 0 Å². The Labute approximate surface area is 119 Å². The Balaban J connectivity index is 2.82. The number of carbonyl (C=O) groups is 2. The molecule has 1 atom stereocenters. The molecule has 2 amide bonds. The number of para-hydroxylation sites is 1. The Morgan fingerprint density at radius 3 is 2.43 bits per heavy atom. The second-order valence-corrected chi connectivity index (χ2v) is 4.59. The van der Waals surface area contributed by atoms with Crippen LogP contribution in [-0.4, -0.2) is 35.6 Å². The topological polar surface area (TPSA) is 69.6 Å². The lowest BCUT2D eigenvalue weighted by molar-refractivity contribution is -0.141. The van der Waals surface area contributed by atoms with Crippen LogP contribution in [0, 0.1) is 5.92 Å². The highest BCUT2D eigenvalue weighted by Crippen LogP contribution is 2.34. The van der Waals surface area contributed by atoms with Crippen LogP contribution in [0.3, 0.4) is 0 Å². The Bertz CT molecular complexity index is 532. The molecule has 0 spiro atoms. The molecule has 116 valence electrons. The minimum atomic E-state index is -4.59. The van der Waals surface area contributed by atoms with Crippen molar-refractivity contribution in [3.8, 4) is 0 Å². The first-order valence-electron chi connectivity index (χ1n) is 6.04. The van der Waals surface area contributed by atoms with Crippen molar-refractivity contribution in [2.45, 2.75) is 13.1 Å². The summed E-state index contributed by atoms with van der Waals surface area (Å²) in [6, 6.07) is 3.77. The van der Waals surface area contributed by atoms with Crippen LogP contribution in [0.15, 0.2) is 24.3 Å². The summed E-state index contributed by atoms with van der Waals surface area (Å²) in [5.41, 5.74) is -1.33. The Kier molecular flexibility index (Phi) is 5.17. The number of hydrogen-bond acceptors (Lipinski definition) is 2. The van der Waals surface area contributed by atoms with Crippen molar-refractivity contribution in [1.29, 1.82) is 0 Å². The number of hydrogen-bond donors (Lipinski definition) is 2. The number of urea groups is 1. The van der Waals surface area contributed by atoms with E-state index in [9.17, 15) is 22.8 Å². The van der Waals surface area contributed by atoms with Gasteiger partial charge >= 0.3 is 18.2 Å². The summed E-state index contributed by atoms with van der Waals surface area (Å²) in [6.45, 7) is 1.28. The summed E-state index contributed by atoms with van der Waals surface area (Å²) in [4.78, 5) is 23.5. The molecule has 0 heterocycles. The third-order valence-electron chi connectivity index (χ3n) is 2.79. The van der Waals surface area contributed by atoms with Crippen LogP contribution in [-0.2, 0) is 11.0 Å². The van der Waals surface area contributed by atoms with E-state index in [1.165, 1.54) is 26.1 Å². The highest BCUT2D eigenvalue weighted by Gasteiger charge is 2.33. The first kappa shape index (κ1) is 16.8. The van der Waals surface area contributed by atoms with Gasteiger partial charge in [0.2, 0.25) is 0 Å². The molecule has 0 aliphatic heterocycles. The number of nitrogens with zero attached hydrogens (tertiary/aromatic N) is 1. The highest BCUT2D eigenvalue weighted by molar-refractivity contribution is 5.90. The fourth-order valence-electron chi connectivity index (χ4n) is 1.62. The van der Waals surface area contributed by atoms with E-state index in [0.717, 1.165) is 17.0 Å². The van der Waals surface area contributed by atoms with Gasteiger partial charge in [-0.15, -0.1) is 0 Å². The lowest BCUT2D eigenvalue weighted by Crippen LogP contribution is -2.37. The van der Waals surface area contributed by atoms with E-state index >= 15 is 0 Å². The summed E-state index contributed by atoms with van der Waals surface area (Å²) >= 11 is 0. The Morgan fingerprint density at radius 2 is 1.90 bits per heavy atom. The Hall–Kier alpha value is -2.25. The van der Waals surface area contributed by atoms with Crippen LogP contribution in [0.2, 0.25) is 0 Å². The van der Waals surface area contributed by atoms with Crippen LogP contribution in [0.5, 0.6) is 0 Å². The van der Waals surface area contributed by atoms with Gasteiger partial charge in [-0.25, -0.2) is 4.79 Å². The average Bonchev–Trinajstić information content (AvgIpc) is 2.37. The standard InChI is InChI=1S/C13H15F3N2O3/c1-8(11(19)20)7-18(2)12(21)17-10-6-4-3-5-9(10)13(14,15)16/h3-6,8H,7H2,1-2H3,(H,17,21)(H,19,20). The normalized spacial score (nSPS) is 12.6. The number of carbonyl (C=O) groups excluding carboxylic acids is 1. The third kappa shape index (κ3) is 4.66. The predicted octanol–water partition coefficient (Wildman–Crippen LogP) is 2.89. The fourth-order valence-corrected chi connectivity index (χ4v) is 1.62. The number of carboxylic acids is 1. The quantitative estimate of drug-likeness (QED) is 0.898. The fraction of sp³-hybridized carbons (Fsp3) is 0.385. The van der Waals surface area contributed by atoms with Crippen molar-refractivity contribution < 1.29 is 27.9 Å². The molecule has 0 bridgehead atoms. The number of anilines is 1. The van der Waals surface area contributed by atoms with Crippen LogP contribution in [0.1, 0.15) is 12.5 Å². The molecule has 0 saturated carbocycles. The predicted molar refractivity (Wildman–Crippen MR) is 69.9 cm³/mol. The van der Waals surface area contributed by atoms with Crippen LogP contribution < -0.4 is 5.32 Å². The lowest BCUT2D eigenvalue weighted by Gasteiger charge is -2.21. The van der Waals surface area contributed by atoms with Crippen molar-refractivity contribution >= 4 is 17.7 Å². The summed E-state index contributed by atoms with van der Waals surface area (Å²) in [5.74, 6) is -1.91. The largest absolute Gasteiger partial charge is 0.481 e. The number of amides is 2. The summed E-state index contributed by atoms with van der Waals surface area (Å²) < 4.78 is 38.3. The average molecular weight is 304 g/mol. The molecule has 0 aliphatic carbocycles. The molecule has 0 fully saturated rings. The minimum absolute atomic E-state index is 0.116. The van der Waals surface area contributed by atoms with E-state index in [2.05, 4.69) is 5.32 Å². The molecule has 0 radical (unpaired) electrons. The molecule has 8 heteroatoms. The third-order valence-corrected chi connectivity index (χ3v) is 2.79.